The molecule has 102 valence electrons. The smallest absolute Gasteiger partial charge is 0.267 e. The normalized spacial score (nSPS) is 11.8. The van der Waals surface area contributed by atoms with E-state index in [9.17, 15) is 4.79 Å². The Kier molecular flexibility index (Phi) is 3.27. The molecule has 3 aromatic rings. The summed E-state index contributed by atoms with van der Waals surface area (Å²) in [6, 6.07) is 3.91. The maximum Gasteiger partial charge on any atom is 0.283 e. The quantitative estimate of drug-likeness (QED) is 0.682. The fraction of sp³-hybridized carbons (Fsp3) is 0.214. The van der Waals surface area contributed by atoms with Gasteiger partial charge >= 0.3 is 0 Å². The molecular formula is C14H13N3OS2. The van der Waals surface area contributed by atoms with Gasteiger partial charge < -0.3 is 0 Å². The van der Waals surface area contributed by atoms with E-state index < -0.39 is 0 Å². The zero-order chi connectivity index (χ0) is 14.3. The molecule has 0 spiro atoms. The summed E-state index contributed by atoms with van der Waals surface area (Å²) in [5, 5.41) is 6.94. The van der Waals surface area contributed by atoms with E-state index in [4.69, 9.17) is 0 Å². The van der Waals surface area contributed by atoms with Gasteiger partial charge in [0.1, 0.15) is 10.7 Å². The number of aromatic nitrogens is 2. The fourth-order valence-corrected chi connectivity index (χ4v) is 3.65. The van der Waals surface area contributed by atoms with Crippen LogP contribution in [0, 0.1) is 20.8 Å². The second-order valence-electron chi connectivity index (χ2n) is 4.50. The van der Waals surface area contributed by atoms with Gasteiger partial charge in [-0.1, -0.05) is 6.07 Å². The lowest BCUT2D eigenvalue weighted by molar-refractivity contribution is 0.772. The number of hydrogen-bond acceptors (Lipinski definition) is 5. The van der Waals surface area contributed by atoms with Crippen molar-refractivity contribution in [1.29, 1.82) is 0 Å². The van der Waals surface area contributed by atoms with Crippen molar-refractivity contribution in [3.63, 3.8) is 0 Å². The molecule has 4 nitrogen and oxygen atoms in total. The molecule has 0 aromatic carbocycles. The minimum absolute atomic E-state index is 0.0952. The average Bonchev–Trinajstić information content (AvgIpc) is 2.99. The van der Waals surface area contributed by atoms with Crippen LogP contribution >= 0.6 is 22.7 Å². The zero-order valence-electron chi connectivity index (χ0n) is 11.4. The van der Waals surface area contributed by atoms with Crippen molar-refractivity contribution >= 4 is 39.1 Å². The van der Waals surface area contributed by atoms with Crippen molar-refractivity contribution < 1.29 is 0 Å². The lowest BCUT2D eigenvalue weighted by Crippen LogP contribution is -2.20. The van der Waals surface area contributed by atoms with Crippen LogP contribution in [0.15, 0.2) is 27.4 Å². The van der Waals surface area contributed by atoms with E-state index in [2.05, 4.69) is 10.1 Å². The van der Waals surface area contributed by atoms with E-state index in [1.54, 1.807) is 35.8 Å². The minimum atomic E-state index is -0.0952. The highest BCUT2D eigenvalue weighted by Gasteiger charge is 2.13. The first kappa shape index (κ1) is 13.2. The highest BCUT2D eigenvalue weighted by atomic mass is 32.1. The first-order chi connectivity index (χ1) is 9.58. The Morgan fingerprint density at radius 2 is 2.15 bits per heavy atom. The van der Waals surface area contributed by atoms with Crippen LogP contribution < -0.4 is 5.56 Å². The van der Waals surface area contributed by atoms with Crippen molar-refractivity contribution in [1.82, 2.24) is 9.66 Å². The van der Waals surface area contributed by atoms with Gasteiger partial charge in [0.2, 0.25) is 0 Å². The van der Waals surface area contributed by atoms with Crippen LogP contribution in [-0.2, 0) is 0 Å². The Balaban J connectivity index is 2.21. The predicted molar refractivity (Wildman–Crippen MR) is 85.4 cm³/mol. The topological polar surface area (TPSA) is 47.2 Å². The van der Waals surface area contributed by atoms with Crippen LogP contribution in [0.2, 0.25) is 0 Å². The Morgan fingerprint density at radius 3 is 2.85 bits per heavy atom. The standard InChI is InChI=1S/C14H13N3OS2/c1-8-9(2)20-13-12(8)14(18)17(10(3)16-13)15-7-11-5-4-6-19-11/h4-7H,1-3H3/b15-7-. The monoisotopic (exact) mass is 303 g/mol. The maximum atomic E-state index is 12.6. The number of nitrogens with zero attached hydrogens (tertiary/aromatic N) is 3. The third kappa shape index (κ3) is 2.10. The molecule has 0 aliphatic heterocycles. The molecule has 0 N–H and O–H groups in total. The molecule has 0 unspecified atom stereocenters. The van der Waals surface area contributed by atoms with Crippen molar-refractivity contribution in [2.45, 2.75) is 20.8 Å². The molecule has 0 aliphatic rings. The van der Waals surface area contributed by atoms with Crippen molar-refractivity contribution in [2.75, 3.05) is 0 Å². The van der Waals surface area contributed by atoms with E-state index >= 15 is 0 Å². The molecule has 0 fully saturated rings. The first-order valence-electron chi connectivity index (χ1n) is 6.15. The molecule has 3 aromatic heterocycles. The Labute approximate surface area is 124 Å². The first-order valence-corrected chi connectivity index (χ1v) is 7.84. The summed E-state index contributed by atoms with van der Waals surface area (Å²) in [4.78, 5) is 20.0. The molecular weight excluding hydrogens is 290 g/mol. The van der Waals surface area contributed by atoms with Gasteiger partial charge in [0.25, 0.3) is 5.56 Å². The summed E-state index contributed by atoms with van der Waals surface area (Å²) >= 11 is 3.14. The molecule has 20 heavy (non-hydrogen) atoms. The van der Waals surface area contributed by atoms with E-state index in [0.717, 1.165) is 20.1 Å². The fourth-order valence-electron chi connectivity index (χ4n) is 2.00. The minimum Gasteiger partial charge on any atom is -0.267 e. The van der Waals surface area contributed by atoms with Crippen molar-refractivity contribution in [2.24, 2.45) is 5.10 Å². The van der Waals surface area contributed by atoms with Gasteiger partial charge in [-0.2, -0.15) is 9.78 Å². The van der Waals surface area contributed by atoms with Crippen LogP contribution in [0.1, 0.15) is 21.1 Å². The highest BCUT2D eigenvalue weighted by molar-refractivity contribution is 7.18. The largest absolute Gasteiger partial charge is 0.283 e. The number of hydrogen-bond donors (Lipinski definition) is 0. The molecule has 0 radical (unpaired) electrons. The lowest BCUT2D eigenvalue weighted by atomic mass is 10.2. The second kappa shape index (κ2) is 4.96. The third-order valence-electron chi connectivity index (χ3n) is 3.19. The van der Waals surface area contributed by atoms with Gasteiger partial charge in [0.15, 0.2) is 0 Å². The molecule has 0 amide bonds. The highest BCUT2D eigenvalue weighted by Crippen LogP contribution is 2.26. The van der Waals surface area contributed by atoms with E-state index in [0.29, 0.717) is 11.2 Å². The predicted octanol–water partition coefficient (Wildman–Crippen LogP) is 3.33. The Hall–Kier alpha value is -1.79. The Morgan fingerprint density at radius 1 is 1.35 bits per heavy atom. The maximum absolute atomic E-state index is 12.6. The number of aryl methyl sites for hydroxylation is 3. The molecule has 0 saturated carbocycles. The number of fused-ring (bicyclic) bond motifs is 1. The summed E-state index contributed by atoms with van der Waals surface area (Å²) in [6.45, 7) is 5.77. The summed E-state index contributed by atoms with van der Waals surface area (Å²) in [7, 11) is 0. The molecule has 3 rings (SSSR count). The second-order valence-corrected chi connectivity index (χ2v) is 6.68. The molecule has 6 heteroatoms. The van der Waals surface area contributed by atoms with Crippen LogP contribution in [0.4, 0.5) is 0 Å². The van der Waals surface area contributed by atoms with Gasteiger partial charge in [-0.3, -0.25) is 4.79 Å². The summed E-state index contributed by atoms with van der Waals surface area (Å²) in [5.74, 6) is 0.608. The third-order valence-corrected chi connectivity index (χ3v) is 5.09. The van der Waals surface area contributed by atoms with Crippen LogP contribution in [0.5, 0.6) is 0 Å². The van der Waals surface area contributed by atoms with E-state index in [1.165, 1.54) is 4.68 Å². The zero-order valence-corrected chi connectivity index (χ0v) is 13.0. The molecule has 0 aliphatic carbocycles. The van der Waals surface area contributed by atoms with Crippen molar-refractivity contribution in [3.8, 4) is 0 Å². The van der Waals surface area contributed by atoms with Gasteiger partial charge in [-0.15, -0.1) is 22.7 Å². The van der Waals surface area contributed by atoms with E-state index in [-0.39, 0.29) is 5.56 Å². The van der Waals surface area contributed by atoms with Crippen molar-refractivity contribution in [3.05, 3.63) is 49.0 Å². The van der Waals surface area contributed by atoms with Crippen LogP contribution in [0.25, 0.3) is 10.2 Å². The number of thiophene rings is 2. The van der Waals surface area contributed by atoms with Gasteiger partial charge in [-0.05, 0) is 37.8 Å². The summed E-state index contributed by atoms with van der Waals surface area (Å²) in [6.07, 6.45) is 1.70. The number of rotatable bonds is 2. The summed E-state index contributed by atoms with van der Waals surface area (Å²) < 4.78 is 1.38. The lowest BCUT2D eigenvalue weighted by Gasteiger charge is -2.02. The van der Waals surface area contributed by atoms with Gasteiger partial charge in [-0.25, -0.2) is 4.98 Å². The molecule has 0 atom stereocenters. The van der Waals surface area contributed by atoms with Gasteiger partial charge in [0, 0.05) is 9.75 Å². The molecule has 0 bridgehead atoms. The van der Waals surface area contributed by atoms with Crippen LogP contribution in [0.3, 0.4) is 0 Å². The van der Waals surface area contributed by atoms with Crippen LogP contribution in [-0.4, -0.2) is 15.9 Å². The SMILES string of the molecule is Cc1sc2nc(C)n(/N=C\c3cccs3)c(=O)c2c1C. The summed E-state index contributed by atoms with van der Waals surface area (Å²) in [5.41, 5.74) is 0.907. The molecule has 0 saturated heterocycles. The molecule has 3 heterocycles. The van der Waals surface area contributed by atoms with E-state index in [1.807, 2.05) is 31.4 Å². The Bertz CT molecular complexity index is 857. The average molecular weight is 303 g/mol. The van der Waals surface area contributed by atoms with Gasteiger partial charge in [0.05, 0.1) is 11.6 Å².